The molecule has 0 heterocycles. The Hall–Kier alpha value is -1.23. The summed E-state index contributed by atoms with van der Waals surface area (Å²) in [5.41, 5.74) is 0. The molecule has 0 saturated carbocycles. The van der Waals surface area contributed by atoms with Crippen LogP contribution in [0.15, 0.2) is 12.7 Å². The van der Waals surface area contributed by atoms with Crippen LogP contribution in [0.2, 0.25) is 0 Å². The van der Waals surface area contributed by atoms with Gasteiger partial charge in [0.25, 0.3) is 0 Å². The van der Waals surface area contributed by atoms with Crippen LogP contribution >= 0.6 is 0 Å². The summed E-state index contributed by atoms with van der Waals surface area (Å²) in [5, 5.41) is 2.54. The lowest BCUT2D eigenvalue weighted by atomic mass is 10.2. The van der Waals surface area contributed by atoms with E-state index in [9.17, 15) is 4.79 Å². The minimum absolute atomic E-state index is 0.185. The first-order valence-corrected chi connectivity index (χ1v) is 3.03. The van der Waals surface area contributed by atoms with Gasteiger partial charge in [0, 0.05) is 6.54 Å². The molecule has 0 aromatic carbocycles. The summed E-state index contributed by atoms with van der Waals surface area (Å²) < 4.78 is 0. The first kappa shape index (κ1) is 8.77. The average Bonchev–Trinajstić information content (AvgIpc) is 1.98. The van der Waals surface area contributed by atoms with Gasteiger partial charge in [-0.15, -0.1) is 6.58 Å². The van der Waals surface area contributed by atoms with Crippen molar-refractivity contribution in [1.29, 1.82) is 0 Å². The number of nitrogens with one attached hydrogen (secondary N) is 1. The highest BCUT2D eigenvalue weighted by Gasteiger charge is 2.06. The Kier molecular flexibility index (Phi) is 4.06. The molecule has 1 atom stereocenters. The summed E-state index contributed by atoms with van der Waals surface area (Å²) in [7, 11) is 0. The summed E-state index contributed by atoms with van der Waals surface area (Å²) >= 11 is 0. The molecule has 53 valence electrons. The predicted molar refractivity (Wildman–Crippen MR) is 39.5 cm³/mol. The van der Waals surface area contributed by atoms with E-state index in [0.29, 0.717) is 6.54 Å². The minimum Gasteiger partial charge on any atom is -0.352 e. The molecule has 0 aromatic heterocycles. The second-order valence-corrected chi connectivity index (χ2v) is 1.90. The van der Waals surface area contributed by atoms with E-state index in [0.717, 1.165) is 0 Å². The molecular weight excluding hydrogens is 126 g/mol. The maximum absolute atomic E-state index is 10.8. The largest absolute Gasteiger partial charge is 0.352 e. The van der Waals surface area contributed by atoms with Crippen LogP contribution in [0, 0.1) is 18.3 Å². The number of carbonyl (C=O) groups excluding carboxylic acids is 1. The van der Waals surface area contributed by atoms with Crippen LogP contribution in [0.5, 0.6) is 0 Å². The Morgan fingerprint density at radius 3 is 3.00 bits per heavy atom. The van der Waals surface area contributed by atoms with Gasteiger partial charge >= 0.3 is 0 Å². The van der Waals surface area contributed by atoms with E-state index in [2.05, 4.69) is 17.8 Å². The van der Waals surface area contributed by atoms with Gasteiger partial charge in [-0.1, -0.05) is 12.0 Å². The molecule has 0 aliphatic carbocycles. The highest BCUT2D eigenvalue weighted by Crippen LogP contribution is 1.89. The molecule has 1 N–H and O–H groups in total. The minimum atomic E-state index is -0.458. The molecule has 0 bridgehead atoms. The molecule has 0 rings (SSSR count). The molecule has 1 radical (unpaired) electrons. The average molecular weight is 136 g/mol. The Morgan fingerprint density at radius 2 is 2.60 bits per heavy atom. The molecule has 0 spiro atoms. The van der Waals surface area contributed by atoms with Gasteiger partial charge in [-0.05, 0) is 13.3 Å². The van der Waals surface area contributed by atoms with Gasteiger partial charge in [0.1, 0.15) is 0 Å². The summed E-state index contributed by atoms with van der Waals surface area (Å²) in [6, 6.07) is 0. The molecule has 0 fully saturated rings. The van der Waals surface area contributed by atoms with E-state index in [1.165, 1.54) is 0 Å². The van der Waals surface area contributed by atoms with Crippen LogP contribution in [0.25, 0.3) is 0 Å². The normalized spacial score (nSPS) is 11.2. The number of hydrogen-bond acceptors (Lipinski definition) is 1. The highest BCUT2D eigenvalue weighted by molar-refractivity contribution is 5.80. The van der Waals surface area contributed by atoms with Crippen LogP contribution in [-0.2, 0) is 4.79 Å². The van der Waals surface area contributed by atoms with Gasteiger partial charge in [0.2, 0.25) is 5.91 Å². The maximum atomic E-state index is 10.8. The number of carbonyl (C=O) groups is 1. The van der Waals surface area contributed by atoms with Crippen molar-refractivity contribution in [1.82, 2.24) is 5.32 Å². The van der Waals surface area contributed by atoms with Crippen molar-refractivity contribution in [2.75, 3.05) is 6.54 Å². The lowest BCUT2D eigenvalue weighted by Gasteiger charge is -2.02. The Labute approximate surface area is 61.3 Å². The molecule has 0 saturated heterocycles. The standard InChI is InChI=1S/C8H10NO/c1-4-6-9-8(10)7(3)5-2/h4,7H,1,6H2,3H3,(H,9,10). The first-order valence-electron chi connectivity index (χ1n) is 3.03. The van der Waals surface area contributed by atoms with Crippen molar-refractivity contribution >= 4 is 5.91 Å². The zero-order chi connectivity index (χ0) is 7.98. The van der Waals surface area contributed by atoms with Gasteiger partial charge in [-0.25, -0.2) is 0 Å². The third kappa shape index (κ3) is 2.93. The second-order valence-electron chi connectivity index (χ2n) is 1.90. The fourth-order valence-electron chi connectivity index (χ4n) is 0.391. The van der Waals surface area contributed by atoms with E-state index < -0.39 is 5.92 Å². The zero-order valence-corrected chi connectivity index (χ0v) is 5.98. The van der Waals surface area contributed by atoms with E-state index >= 15 is 0 Å². The van der Waals surface area contributed by atoms with Gasteiger partial charge in [-0.3, -0.25) is 4.79 Å². The summed E-state index contributed by atoms with van der Waals surface area (Å²) in [5.74, 6) is 1.43. The second kappa shape index (κ2) is 4.63. The third-order valence-electron chi connectivity index (χ3n) is 1.03. The Morgan fingerprint density at radius 1 is 2.00 bits per heavy atom. The van der Waals surface area contributed by atoms with Crippen molar-refractivity contribution in [2.45, 2.75) is 6.92 Å². The quantitative estimate of drug-likeness (QED) is 0.444. The van der Waals surface area contributed by atoms with Crippen LogP contribution in [0.4, 0.5) is 0 Å². The summed E-state index contributed by atoms with van der Waals surface area (Å²) in [6.07, 6.45) is 8.23. The van der Waals surface area contributed by atoms with Gasteiger partial charge in [0.15, 0.2) is 0 Å². The molecule has 1 unspecified atom stereocenters. The van der Waals surface area contributed by atoms with Gasteiger partial charge in [0.05, 0.1) is 5.92 Å². The molecular formula is C8H10NO. The lowest BCUT2D eigenvalue weighted by molar-refractivity contribution is -0.122. The highest BCUT2D eigenvalue weighted by atomic mass is 16.1. The van der Waals surface area contributed by atoms with Crippen LogP contribution in [-0.4, -0.2) is 12.5 Å². The van der Waals surface area contributed by atoms with E-state index in [1.54, 1.807) is 13.0 Å². The lowest BCUT2D eigenvalue weighted by Crippen LogP contribution is -2.28. The smallest absolute Gasteiger partial charge is 0.235 e. The van der Waals surface area contributed by atoms with Crippen molar-refractivity contribution < 1.29 is 4.79 Å². The maximum Gasteiger partial charge on any atom is 0.235 e. The van der Waals surface area contributed by atoms with E-state index in [4.69, 9.17) is 6.42 Å². The molecule has 2 heteroatoms. The predicted octanol–water partition coefficient (Wildman–Crippen LogP) is 0.514. The zero-order valence-electron chi connectivity index (χ0n) is 5.98. The Balaban J connectivity index is 3.64. The van der Waals surface area contributed by atoms with Crippen LogP contribution in [0.1, 0.15) is 6.92 Å². The SMILES string of the molecule is [C]#CC(C)C(=O)NCC=C. The van der Waals surface area contributed by atoms with Crippen LogP contribution < -0.4 is 5.32 Å². The molecule has 2 nitrogen and oxygen atoms in total. The van der Waals surface area contributed by atoms with Crippen molar-refractivity contribution in [3.05, 3.63) is 19.1 Å². The molecule has 10 heavy (non-hydrogen) atoms. The summed E-state index contributed by atoms with van der Waals surface area (Å²) in [4.78, 5) is 10.8. The molecule has 0 aliphatic heterocycles. The first-order chi connectivity index (χ1) is 4.72. The number of hydrogen-bond donors (Lipinski definition) is 1. The number of rotatable bonds is 3. The molecule has 0 aromatic rings. The topological polar surface area (TPSA) is 29.1 Å². The third-order valence-corrected chi connectivity index (χ3v) is 1.03. The van der Waals surface area contributed by atoms with E-state index in [1.807, 2.05) is 0 Å². The van der Waals surface area contributed by atoms with E-state index in [-0.39, 0.29) is 5.91 Å². The summed E-state index contributed by atoms with van der Waals surface area (Å²) in [6.45, 7) is 5.50. The van der Waals surface area contributed by atoms with Crippen molar-refractivity contribution in [3.8, 4) is 5.92 Å². The fraction of sp³-hybridized carbons (Fsp3) is 0.375. The molecule has 1 amide bonds. The van der Waals surface area contributed by atoms with Crippen molar-refractivity contribution in [3.63, 3.8) is 0 Å². The Bertz CT molecular complexity index is 167. The van der Waals surface area contributed by atoms with Crippen molar-refractivity contribution in [2.24, 2.45) is 5.92 Å². The van der Waals surface area contributed by atoms with Crippen LogP contribution in [0.3, 0.4) is 0 Å². The fourth-order valence-corrected chi connectivity index (χ4v) is 0.391. The number of amides is 1. The monoisotopic (exact) mass is 136 g/mol. The van der Waals surface area contributed by atoms with Gasteiger partial charge in [-0.2, -0.15) is 0 Å². The molecule has 0 aliphatic rings. The van der Waals surface area contributed by atoms with Gasteiger partial charge < -0.3 is 5.32 Å².